The van der Waals surface area contributed by atoms with Gasteiger partial charge in [0, 0.05) is 16.7 Å². The van der Waals surface area contributed by atoms with Crippen LogP contribution in [0.4, 0.5) is 0 Å². The second-order valence-electron chi connectivity index (χ2n) is 5.20. The van der Waals surface area contributed by atoms with Crippen molar-refractivity contribution in [2.24, 2.45) is 0 Å². The largest absolute Gasteiger partial charge is 0.487 e. The smallest absolute Gasteiger partial charge is 0.219 e. The van der Waals surface area contributed by atoms with Crippen molar-refractivity contribution in [3.8, 4) is 17.4 Å². The normalized spacial score (nSPS) is 10.5. The number of benzene rings is 2. The van der Waals surface area contributed by atoms with Gasteiger partial charge in [0.25, 0.3) is 0 Å². The zero-order valence-corrected chi connectivity index (χ0v) is 14.5. The second-order valence-corrected chi connectivity index (χ2v) is 6.01. The quantitative estimate of drug-likeness (QED) is 0.554. The number of ether oxygens (including phenoxy) is 2. The van der Waals surface area contributed by atoms with Gasteiger partial charge in [0.15, 0.2) is 5.75 Å². The molecular formula is C19H15Cl2NO2. The molecule has 3 aromatic rings. The Balaban J connectivity index is 1.66. The van der Waals surface area contributed by atoms with E-state index >= 15 is 0 Å². The molecule has 0 unspecified atom stereocenters. The average Bonchev–Trinajstić information content (AvgIpc) is 2.59. The van der Waals surface area contributed by atoms with Crippen LogP contribution in [0.2, 0.25) is 10.0 Å². The summed E-state index contributed by atoms with van der Waals surface area (Å²) in [6.07, 6.45) is 1.61. The number of pyridine rings is 1. The van der Waals surface area contributed by atoms with Crippen LogP contribution in [0.5, 0.6) is 17.4 Å². The summed E-state index contributed by atoms with van der Waals surface area (Å²) in [6.45, 7) is 2.31. The van der Waals surface area contributed by atoms with E-state index in [-0.39, 0.29) is 0 Å². The van der Waals surface area contributed by atoms with Gasteiger partial charge in [0.05, 0.1) is 11.2 Å². The Labute approximate surface area is 150 Å². The van der Waals surface area contributed by atoms with Crippen LogP contribution in [-0.4, -0.2) is 4.98 Å². The Bertz CT molecular complexity index is 815. The Hall–Kier alpha value is -2.23. The predicted molar refractivity (Wildman–Crippen MR) is 96.3 cm³/mol. The van der Waals surface area contributed by atoms with Gasteiger partial charge in [-0.1, -0.05) is 53.5 Å². The van der Waals surface area contributed by atoms with Crippen molar-refractivity contribution in [3.05, 3.63) is 82.0 Å². The Kier molecular flexibility index (Phi) is 5.24. The first kappa shape index (κ1) is 16.6. The van der Waals surface area contributed by atoms with Crippen LogP contribution in [-0.2, 0) is 6.61 Å². The fourth-order valence-electron chi connectivity index (χ4n) is 2.14. The summed E-state index contributed by atoms with van der Waals surface area (Å²) in [5, 5.41) is 1.23. The molecule has 0 aliphatic heterocycles. The molecule has 1 aromatic heterocycles. The molecule has 0 saturated heterocycles. The van der Waals surface area contributed by atoms with Crippen molar-refractivity contribution in [1.82, 2.24) is 4.98 Å². The molecule has 0 amide bonds. The molecule has 1 heterocycles. The molecule has 0 atom stereocenters. The summed E-state index contributed by atoms with van der Waals surface area (Å²) in [4.78, 5) is 4.25. The third kappa shape index (κ3) is 3.99. The highest BCUT2D eigenvalue weighted by atomic mass is 35.5. The number of aryl methyl sites for hydroxylation is 1. The Morgan fingerprint density at radius 1 is 0.917 bits per heavy atom. The van der Waals surface area contributed by atoms with E-state index in [4.69, 9.17) is 32.7 Å². The minimum absolute atomic E-state index is 0.380. The first-order chi connectivity index (χ1) is 11.6. The molecule has 0 radical (unpaired) electrons. The van der Waals surface area contributed by atoms with E-state index in [1.54, 1.807) is 24.4 Å². The molecule has 5 heteroatoms. The fraction of sp³-hybridized carbons (Fsp3) is 0.105. The summed E-state index contributed by atoms with van der Waals surface area (Å²) in [5.74, 6) is 1.70. The maximum absolute atomic E-state index is 6.15. The molecule has 122 valence electrons. The van der Waals surface area contributed by atoms with Crippen molar-refractivity contribution in [3.63, 3.8) is 0 Å². The molecule has 0 spiro atoms. The summed E-state index contributed by atoms with van der Waals surface area (Å²) in [5.41, 5.74) is 1.87. The Morgan fingerprint density at radius 3 is 2.42 bits per heavy atom. The number of aromatic nitrogens is 1. The molecule has 2 aromatic carbocycles. The van der Waals surface area contributed by atoms with Gasteiger partial charge in [-0.05, 0) is 30.7 Å². The lowest BCUT2D eigenvalue weighted by molar-refractivity contribution is 0.304. The lowest BCUT2D eigenvalue weighted by Crippen LogP contribution is -1.97. The van der Waals surface area contributed by atoms with Gasteiger partial charge in [-0.15, -0.1) is 0 Å². The van der Waals surface area contributed by atoms with Crippen LogP contribution in [0.25, 0.3) is 0 Å². The van der Waals surface area contributed by atoms with Crippen molar-refractivity contribution in [1.29, 1.82) is 0 Å². The van der Waals surface area contributed by atoms with E-state index in [2.05, 4.69) is 4.98 Å². The summed E-state index contributed by atoms with van der Waals surface area (Å²) >= 11 is 12.3. The van der Waals surface area contributed by atoms with Gasteiger partial charge in [0.2, 0.25) is 5.88 Å². The summed E-state index contributed by atoms with van der Waals surface area (Å²) in [7, 11) is 0. The highest BCUT2D eigenvalue weighted by Crippen LogP contribution is 2.32. The van der Waals surface area contributed by atoms with E-state index in [0.717, 1.165) is 11.1 Å². The van der Waals surface area contributed by atoms with E-state index in [9.17, 15) is 0 Å². The zero-order chi connectivity index (χ0) is 16.9. The Morgan fingerprint density at radius 2 is 1.71 bits per heavy atom. The third-order valence-corrected chi connectivity index (χ3v) is 4.10. The molecule has 24 heavy (non-hydrogen) atoms. The fourth-order valence-corrected chi connectivity index (χ4v) is 2.59. The van der Waals surface area contributed by atoms with Crippen molar-refractivity contribution < 1.29 is 9.47 Å². The molecule has 0 aliphatic rings. The number of rotatable bonds is 5. The summed E-state index contributed by atoms with van der Waals surface area (Å²) < 4.78 is 11.5. The van der Waals surface area contributed by atoms with Gasteiger partial charge >= 0.3 is 0 Å². The van der Waals surface area contributed by atoms with E-state index in [0.29, 0.717) is 34.0 Å². The van der Waals surface area contributed by atoms with Crippen LogP contribution in [0.3, 0.4) is 0 Å². The van der Waals surface area contributed by atoms with Crippen molar-refractivity contribution >= 4 is 23.2 Å². The minimum Gasteiger partial charge on any atom is -0.487 e. The first-order valence-corrected chi connectivity index (χ1v) is 8.14. The number of halogens is 2. The maximum atomic E-state index is 6.15. The maximum Gasteiger partial charge on any atom is 0.219 e. The van der Waals surface area contributed by atoms with E-state index in [1.807, 2.05) is 43.3 Å². The van der Waals surface area contributed by atoms with E-state index in [1.165, 1.54) is 0 Å². The number of hydrogen-bond donors (Lipinski definition) is 0. The van der Waals surface area contributed by atoms with Gasteiger partial charge in [-0.3, -0.25) is 0 Å². The van der Waals surface area contributed by atoms with Crippen LogP contribution < -0.4 is 9.47 Å². The molecular weight excluding hydrogens is 345 g/mol. The molecule has 0 saturated carbocycles. The predicted octanol–water partition coefficient (Wildman–Crippen LogP) is 6.07. The first-order valence-electron chi connectivity index (χ1n) is 7.39. The lowest BCUT2D eigenvalue weighted by atomic mass is 10.2. The van der Waals surface area contributed by atoms with Gasteiger partial charge in [0.1, 0.15) is 12.4 Å². The van der Waals surface area contributed by atoms with Gasteiger partial charge in [-0.25, -0.2) is 4.98 Å². The van der Waals surface area contributed by atoms with Crippen LogP contribution in [0.1, 0.15) is 11.1 Å². The molecule has 0 bridgehead atoms. The lowest BCUT2D eigenvalue weighted by Gasteiger charge is -2.11. The SMILES string of the molecule is Cc1cccc(Cl)c1Oc1ccc(OCc2ccccc2Cl)cn1. The number of para-hydroxylation sites is 1. The second kappa shape index (κ2) is 7.56. The van der Waals surface area contributed by atoms with Crippen LogP contribution in [0, 0.1) is 6.92 Å². The molecule has 0 aliphatic carbocycles. The zero-order valence-electron chi connectivity index (χ0n) is 13.0. The van der Waals surface area contributed by atoms with Crippen LogP contribution >= 0.6 is 23.2 Å². The summed E-state index contributed by atoms with van der Waals surface area (Å²) in [6, 6.07) is 16.7. The van der Waals surface area contributed by atoms with E-state index < -0.39 is 0 Å². The number of nitrogens with zero attached hydrogens (tertiary/aromatic N) is 1. The average molecular weight is 360 g/mol. The van der Waals surface area contributed by atoms with Gasteiger partial charge in [-0.2, -0.15) is 0 Å². The van der Waals surface area contributed by atoms with Crippen molar-refractivity contribution in [2.75, 3.05) is 0 Å². The van der Waals surface area contributed by atoms with Gasteiger partial charge < -0.3 is 9.47 Å². The van der Waals surface area contributed by atoms with Crippen molar-refractivity contribution in [2.45, 2.75) is 13.5 Å². The van der Waals surface area contributed by atoms with Crippen LogP contribution in [0.15, 0.2) is 60.8 Å². The highest BCUT2D eigenvalue weighted by Gasteiger charge is 2.08. The monoisotopic (exact) mass is 359 g/mol. The highest BCUT2D eigenvalue weighted by molar-refractivity contribution is 6.32. The topological polar surface area (TPSA) is 31.4 Å². The number of hydrogen-bond acceptors (Lipinski definition) is 3. The molecule has 3 rings (SSSR count). The third-order valence-electron chi connectivity index (χ3n) is 3.43. The molecule has 0 fully saturated rings. The molecule has 0 N–H and O–H groups in total. The minimum atomic E-state index is 0.380. The standard InChI is InChI=1S/C19H15Cl2NO2/c1-13-5-4-8-17(21)19(13)24-18-10-9-15(11-22-18)23-12-14-6-2-3-7-16(14)20/h2-11H,12H2,1H3. The molecule has 3 nitrogen and oxygen atoms in total.